The van der Waals surface area contributed by atoms with Gasteiger partial charge in [0.15, 0.2) is 0 Å². The van der Waals surface area contributed by atoms with Crippen LogP contribution in [0, 0.1) is 0 Å². The second-order valence-electron chi connectivity index (χ2n) is 6.52. The predicted octanol–water partition coefficient (Wildman–Crippen LogP) is 3.98. The molecular formula is C22H24N2O3. The third-order valence-electron chi connectivity index (χ3n) is 4.60. The maximum Gasteiger partial charge on any atom is 0.254 e. The molecule has 0 saturated carbocycles. The number of amides is 1. The summed E-state index contributed by atoms with van der Waals surface area (Å²) in [6, 6.07) is 16.6. The van der Waals surface area contributed by atoms with E-state index in [1.807, 2.05) is 30.3 Å². The molecule has 0 aliphatic rings. The molecule has 0 radical (unpaired) electrons. The number of carbonyl (C=O) groups is 1. The number of methoxy groups -OCH3 is 1. The number of fused-ring (bicyclic) bond motifs is 1. The summed E-state index contributed by atoms with van der Waals surface area (Å²) >= 11 is 0. The first-order chi connectivity index (χ1) is 13.1. The van der Waals surface area contributed by atoms with Crippen LogP contribution in [-0.4, -0.2) is 29.4 Å². The number of para-hydroxylation sites is 1. The highest BCUT2D eigenvalue weighted by Gasteiger charge is 2.17. The fourth-order valence-electron chi connectivity index (χ4n) is 3.03. The first kappa shape index (κ1) is 18.7. The molecule has 0 spiro atoms. The van der Waals surface area contributed by atoms with Crippen LogP contribution in [0.2, 0.25) is 0 Å². The van der Waals surface area contributed by atoms with Crippen LogP contribution in [0.15, 0.2) is 59.4 Å². The SMILES string of the molecule is CCCCN(Cc1cc2ccccc2[nH]c1=O)C(=O)c1ccc(OC)cc1. The van der Waals surface area contributed by atoms with Gasteiger partial charge in [-0.3, -0.25) is 9.59 Å². The standard InChI is InChI=1S/C22H24N2O3/c1-3-4-13-24(22(26)16-9-11-19(27-2)12-10-16)15-18-14-17-7-5-6-8-20(17)23-21(18)25/h5-12,14H,3-4,13,15H2,1-2H3,(H,23,25). The first-order valence-electron chi connectivity index (χ1n) is 9.16. The number of unbranched alkanes of at least 4 members (excludes halogenated alkanes) is 1. The molecule has 0 unspecified atom stereocenters. The van der Waals surface area contributed by atoms with Gasteiger partial charge >= 0.3 is 0 Å². The number of carbonyl (C=O) groups excluding carboxylic acids is 1. The molecule has 1 aromatic heterocycles. The zero-order valence-electron chi connectivity index (χ0n) is 15.7. The number of aromatic amines is 1. The van der Waals surface area contributed by atoms with Gasteiger partial charge in [-0.15, -0.1) is 0 Å². The Balaban J connectivity index is 1.89. The van der Waals surface area contributed by atoms with Gasteiger partial charge < -0.3 is 14.6 Å². The van der Waals surface area contributed by atoms with E-state index in [1.165, 1.54) is 0 Å². The summed E-state index contributed by atoms with van der Waals surface area (Å²) in [5, 5.41) is 0.958. The van der Waals surface area contributed by atoms with Crippen molar-refractivity contribution in [2.45, 2.75) is 26.3 Å². The number of rotatable bonds is 7. The van der Waals surface area contributed by atoms with Crippen molar-refractivity contribution in [3.8, 4) is 5.75 Å². The van der Waals surface area contributed by atoms with Crippen molar-refractivity contribution in [2.24, 2.45) is 0 Å². The van der Waals surface area contributed by atoms with Crippen molar-refractivity contribution >= 4 is 16.8 Å². The van der Waals surface area contributed by atoms with Gasteiger partial charge in [0, 0.05) is 23.2 Å². The van der Waals surface area contributed by atoms with Crippen LogP contribution in [0.1, 0.15) is 35.7 Å². The van der Waals surface area contributed by atoms with E-state index in [0.29, 0.717) is 23.4 Å². The third kappa shape index (κ3) is 4.37. The number of H-pyrrole nitrogens is 1. The molecular weight excluding hydrogens is 340 g/mol. The summed E-state index contributed by atoms with van der Waals surface area (Å²) in [5.74, 6) is 0.622. The van der Waals surface area contributed by atoms with Crippen molar-refractivity contribution in [2.75, 3.05) is 13.7 Å². The van der Waals surface area contributed by atoms with E-state index in [-0.39, 0.29) is 18.0 Å². The van der Waals surface area contributed by atoms with Crippen molar-refractivity contribution in [3.05, 3.63) is 76.1 Å². The summed E-state index contributed by atoms with van der Waals surface area (Å²) in [5.41, 5.74) is 1.82. The quantitative estimate of drug-likeness (QED) is 0.690. The van der Waals surface area contributed by atoms with Crippen LogP contribution in [-0.2, 0) is 6.54 Å². The fraction of sp³-hybridized carbons (Fsp3) is 0.273. The molecule has 0 aliphatic heterocycles. The highest BCUT2D eigenvalue weighted by atomic mass is 16.5. The van der Waals surface area contributed by atoms with E-state index in [9.17, 15) is 9.59 Å². The van der Waals surface area contributed by atoms with E-state index in [1.54, 1.807) is 36.3 Å². The minimum atomic E-state index is -0.155. The molecule has 1 amide bonds. The summed E-state index contributed by atoms with van der Waals surface area (Å²) in [4.78, 5) is 30.1. The third-order valence-corrected chi connectivity index (χ3v) is 4.60. The molecule has 1 N–H and O–H groups in total. The Morgan fingerprint density at radius 1 is 1.11 bits per heavy atom. The number of hydrogen-bond acceptors (Lipinski definition) is 3. The lowest BCUT2D eigenvalue weighted by Gasteiger charge is -2.23. The number of nitrogens with one attached hydrogen (secondary N) is 1. The van der Waals surface area contributed by atoms with E-state index in [2.05, 4.69) is 11.9 Å². The first-order valence-corrected chi connectivity index (χ1v) is 9.16. The molecule has 2 aromatic carbocycles. The lowest BCUT2D eigenvalue weighted by atomic mass is 10.1. The van der Waals surface area contributed by atoms with Crippen molar-refractivity contribution in [1.29, 1.82) is 0 Å². The van der Waals surface area contributed by atoms with Gasteiger partial charge in [-0.2, -0.15) is 0 Å². The van der Waals surface area contributed by atoms with Crippen LogP contribution in [0.4, 0.5) is 0 Å². The van der Waals surface area contributed by atoms with E-state index < -0.39 is 0 Å². The topological polar surface area (TPSA) is 62.4 Å². The molecule has 3 aromatic rings. The molecule has 1 heterocycles. The molecule has 0 atom stereocenters. The largest absolute Gasteiger partial charge is 0.497 e. The molecule has 27 heavy (non-hydrogen) atoms. The molecule has 5 heteroatoms. The number of nitrogens with zero attached hydrogens (tertiary/aromatic N) is 1. The predicted molar refractivity (Wildman–Crippen MR) is 107 cm³/mol. The van der Waals surface area contributed by atoms with Crippen molar-refractivity contribution in [1.82, 2.24) is 9.88 Å². The monoisotopic (exact) mass is 364 g/mol. The summed E-state index contributed by atoms with van der Waals surface area (Å²) in [6.07, 6.45) is 1.86. The van der Waals surface area contributed by atoms with Gasteiger partial charge in [-0.05, 0) is 48.2 Å². The zero-order chi connectivity index (χ0) is 19.2. The Hall–Kier alpha value is -3.08. The number of ether oxygens (including phenoxy) is 1. The zero-order valence-corrected chi connectivity index (χ0v) is 15.7. The van der Waals surface area contributed by atoms with Crippen LogP contribution in [0.5, 0.6) is 5.75 Å². The Kier molecular flexibility index (Phi) is 5.91. The summed E-state index contributed by atoms with van der Waals surface area (Å²) in [7, 11) is 1.59. The normalized spacial score (nSPS) is 10.7. The Bertz CT molecular complexity index is 977. The Labute approximate surface area is 158 Å². The maximum absolute atomic E-state index is 13.0. The van der Waals surface area contributed by atoms with E-state index >= 15 is 0 Å². The average molecular weight is 364 g/mol. The van der Waals surface area contributed by atoms with Crippen LogP contribution < -0.4 is 10.3 Å². The fourth-order valence-corrected chi connectivity index (χ4v) is 3.03. The van der Waals surface area contributed by atoms with Crippen molar-refractivity contribution < 1.29 is 9.53 Å². The smallest absolute Gasteiger partial charge is 0.254 e. The molecule has 0 aliphatic carbocycles. The number of hydrogen-bond donors (Lipinski definition) is 1. The summed E-state index contributed by atoms with van der Waals surface area (Å²) < 4.78 is 5.16. The second kappa shape index (κ2) is 8.54. The van der Waals surface area contributed by atoms with Gasteiger partial charge in [0.2, 0.25) is 0 Å². The number of aromatic nitrogens is 1. The minimum absolute atomic E-state index is 0.0846. The van der Waals surface area contributed by atoms with Crippen LogP contribution in [0.25, 0.3) is 10.9 Å². The van der Waals surface area contributed by atoms with Crippen LogP contribution in [0.3, 0.4) is 0 Å². The van der Waals surface area contributed by atoms with E-state index in [0.717, 1.165) is 23.7 Å². The minimum Gasteiger partial charge on any atom is -0.497 e. The highest BCUT2D eigenvalue weighted by Crippen LogP contribution is 2.16. The Morgan fingerprint density at radius 2 is 1.85 bits per heavy atom. The van der Waals surface area contributed by atoms with Gasteiger partial charge in [0.05, 0.1) is 13.7 Å². The highest BCUT2D eigenvalue weighted by molar-refractivity contribution is 5.94. The van der Waals surface area contributed by atoms with Crippen LogP contribution >= 0.6 is 0 Å². The number of pyridine rings is 1. The lowest BCUT2D eigenvalue weighted by molar-refractivity contribution is 0.0740. The molecule has 0 bridgehead atoms. The second-order valence-corrected chi connectivity index (χ2v) is 6.52. The molecule has 0 saturated heterocycles. The van der Waals surface area contributed by atoms with Gasteiger partial charge in [0.25, 0.3) is 11.5 Å². The van der Waals surface area contributed by atoms with Crippen molar-refractivity contribution in [3.63, 3.8) is 0 Å². The van der Waals surface area contributed by atoms with Gasteiger partial charge in [-0.1, -0.05) is 31.5 Å². The summed E-state index contributed by atoms with van der Waals surface area (Å²) in [6.45, 7) is 2.97. The average Bonchev–Trinajstić information content (AvgIpc) is 2.71. The molecule has 5 nitrogen and oxygen atoms in total. The Morgan fingerprint density at radius 3 is 2.56 bits per heavy atom. The van der Waals surface area contributed by atoms with Gasteiger partial charge in [0.1, 0.15) is 5.75 Å². The van der Waals surface area contributed by atoms with Gasteiger partial charge in [-0.25, -0.2) is 0 Å². The van der Waals surface area contributed by atoms with E-state index in [4.69, 9.17) is 4.74 Å². The molecule has 140 valence electrons. The molecule has 0 fully saturated rings. The maximum atomic E-state index is 13.0. The number of benzene rings is 2. The lowest BCUT2D eigenvalue weighted by Crippen LogP contribution is -2.33. The molecule has 3 rings (SSSR count).